The van der Waals surface area contributed by atoms with Crippen molar-refractivity contribution >= 4 is 28.6 Å². The number of nitrogens with two attached hydrogens (primary N) is 1. The molecule has 0 fully saturated rings. The van der Waals surface area contributed by atoms with Gasteiger partial charge in [-0.2, -0.15) is 0 Å². The number of hydrogen-bond acceptors (Lipinski definition) is 4. The number of amides is 1. The monoisotopic (exact) mass is 273 g/mol. The molecule has 2 heterocycles. The topological polar surface area (TPSA) is 59.2 Å². The Kier molecular flexibility index (Phi) is 2.78. The first kappa shape index (κ1) is 12.2. The molecule has 1 amide bonds. The van der Waals surface area contributed by atoms with Crippen molar-refractivity contribution < 1.29 is 4.79 Å². The molecule has 4 nitrogen and oxygen atoms in total. The molecular weight excluding hydrogens is 258 g/mol. The zero-order chi connectivity index (χ0) is 13.6. The molecule has 0 spiro atoms. The lowest BCUT2D eigenvalue weighted by Crippen LogP contribution is -2.29. The van der Waals surface area contributed by atoms with Crippen molar-refractivity contribution in [2.75, 3.05) is 17.2 Å². The highest BCUT2D eigenvalue weighted by Crippen LogP contribution is 2.33. The van der Waals surface area contributed by atoms with Crippen LogP contribution in [0.3, 0.4) is 0 Å². The number of rotatable bonds is 1. The van der Waals surface area contributed by atoms with Crippen LogP contribution in [-0.4, -0.2) is 17.4 Å². The SMILES string of the molecule is Cc1nc(C(=O)N2CCc3cc(C)c(N)cc32)cs1. The van der Waals surface area contributed by atoms with Gasteiger partial charge in [0.25, 0.3) is 5.91 Å². The molecule has 2 aromatic rings. The Balaban J connectivity index is 1.98. The average Bonchev–Trinajstić information content (AvgIpc) is 2.96. The maximum atomic E-state index is 12.4. The third-order valence-corrected chi connectivity index (χ3v) is 4.22. The van der Waals surface area contributed by atoms with Gasteiger partial charge in [0.1, 0.15) is 5.69 Å². The minimum atomic E-state index is -0.0358. The van der Waals surface area contributed by atoms with Gasteiger partial charge < -0.3 is 10.6 Å². The summed E-state index contributed by atoms with van der Waals surface area (Å²) in [5.41, 5.74) is 10.4. The van der Waals surface area contributed by atoms with Crippen LogP contribution in [0, 0.1) is 13.8 Å². The van der Waals surface area contributed by atoms with E-state index in [0.29, 0.717) is 12.2 Å². The van der Waals surface area contributed by atoms with E-state index in [9.17, 15) is 4.79 Å². The molecule has 1 aliphatic rings. The number of hydrogen-bond donors (Lipinski definition) is 1. The number of thiazole rings is 1. The predicted molar refractivity (Wildman–Crippen MR) is 77.8 cm³/mol. The summed E-state index contributed by atoms with van der Waals surface area (Å²) in [6.07, 6.45) is 0.880. The van der Waals surface area contributed by atoms with E-state index in [4.69, 9.17) is 5.73 Å². The third kappa shape index (κ3) is 2.00. The van der Waals surface area contributed by atoms with Crippen molar-refractivity contribution in [3.05, 3.63) is 39.3 Å². The molecule has 5 heteroatoms. The van der Waals surface area contributed by atoms with Crippen molar-refractivity contribution in [1.29, 1.82) is 0 Å². The van der Waals surface area contributed by atoms with Crippen molar-refractivity contribution in [2.24, 2.45) is 0 Å². The number of carbonyl (C=O) groups excluding carboxylic acids is 1. The Bertz CT molecular complexity index is 663. The van der Waals surface area contributed by atoms with Crippen LogP contribution in [0.25, 0.3) is 0 Å². The number of nitrogens with zero attached hydrogens (tertiary/aromatic N) is 2. The smallest absolute Gasteiger partial charge is 0.277 e. The standard InChI is InChI=1S/C14H15N3OS/c1-8-5-10-3-4-17(13(10)6-11(8)15)14(18)12-7-19-9(2)16-12/h5-7H,3-4,15H2,1-2H3. The molecule has 19 heavy (non-hydrogen) atoms. The van der Waals surface area contributed by atoms with Gasteiger partial charge in [0.05, 0.1) is 5.01 Å². The Hall–Kier alpha value is -1.88. The Morgan fingerprint density at radius 2 is 2.21 bits per heavy atom. The molecule has 98 valence electrons. The van der Waals surface area contributed by atoms with Crippen LogP contribution < -0.4 is 10.6 Å². The van der Waals surface area contributed by atoms with Crippen LogP contribution in [0.4, 0.5) is 11.4 Å². The maximum Gasteiger partial charge on any atom is 0.277 e. The quantitative estimate of drug-likeness (QED) is 0.812. The van der Waals surface area contributed by atoms with E-state index < -0.39 is 0 Å². The maximum absolute atomic E-state index is 12.4. The Labute approximate surface area is 115 Å². The highest BCUT2D eigenvalue weighted by molar-refractivity contribution is 7.09. The summed E-state index contributed by atoms with van der Waals surface area (Å²) in [6.45, 7) is 4.60. The van der Waals surface area contributed by atoms with Gasteiger partial charge in [-0.05, 0) is 37.5 Å². The van der Waals surface area contributed by atoms with Crippen molar-refractivity contribution in [3.8, 4) is 0 Å². The first-order chi connectivity index (χ1) is 9.06. The zero-order valence-electron chi connectivity index (χ0n) is 10.9. The fourth-order valence-corrected chi connectivity index (χ4v) is 2.97. The van der Waals surface area contributed by atoms with Gasteiger partial charge in [-0.3, -0.25) is 4.79 Å². The van der Waals surface area contributed by atoms with Gasteiger partial charge in [0.2, 0.25) is 0 Å². The van der Waals surface area contributed by atoms with E-state index in [1.54, 1.807) is 4.90 Å². The lowest BCUT2D eigenvalue weighted by atomic mass is 10.1. The van der Waals surface area contributed by atoms with Crippen molar-refractivity contribution in [2.45, 2.75) is 20.3 Å². The van der Waals surface area contributed by atoms with Crippen LogP contribution in [0.2, 0.25) is 0 Å². The van der Waals surface area contributed by atoms with Gasteiger partial charge in [0.15, 0.2) is 0 Å². The number of aromatic nitrogens is 1. The summed E-state index contributed by atoms with van der Waals surface area (Å²) < 4.78 is 0. The van der Waals surface area contributed by atoms with Crippen LogP contribution in [-0.2, 0) is 6.42 Å². The van der Waals surface area contributed by atoms with Gasteiger partial charge in [-0.1, -0.05) is 6.07 Å². The van der Waals surface area contributed by atoms with Gasteiger partial charge >= 0.3 is 0 Å². The minimum Gasteiger partial charge on any atom is -0.398 e. The molecule has 0 atom stereocenters. The number of carbonyl (C=O) groups is 1. The number of nitrogen functional groups attached to an aromatic ring is 1. The van der Waals surface area contributed by atoms with Crippen molar-refractivity contribution in [1.82, 2.24) is 4.98 Å². The second kappa shape index (κ2) is 4.35. The first-order valence-electron chi connectivity index (χ1n) is 6.19. The summed E-state index contributed by atoms with van der Waals surface area (Å²) in [6, 6.07) is 3.97. The number of benzene rings is 1. The molecule has 2 N–H and O–H groups in total. The van der Waals surface area contributed by atoms with E-state index in [0.717, 1.165) is 28.4 Å². The molecule has 3 rings (SSSR count). The molecular formula is C14H15N3OS. The van der Waals surface area contributed by atoms with Gasteiger partial charge in [-0.15, -0.1) is 11.3 Å². The van der Waals surface area contributed by atoms with Crippen LogP contribution in [0.5, 0.6) is 0 Å². The highest BCUT2D eigenvalue weighted by Gasteiger charge is 2.27. The second-order valence-electron chi connectivity index (χ2n) is 4.80. The predicted octanol–water partition coefficient (Wildman–Crippen LogP) is 2.55. The lowest BCUT2D eigenvalue weighted by Gasteiger charge is -2.17. The lowest BCUT2D eigenvalue weighted by molar-refractivity contribution is 0.0985. The molecule has 0 unspecified atom stereocenters. The molecule has 1 aromatic heterocycles. The average molecular weight is 273 g/mol. The van der Waals surface area contributed by atoms with Crippen LogP contribution in [0.15, 0.2) is 17.5 Å². The number of anilines is 2. The molecule has 1 aliphatic heterocycles. The Morgan fingerprint density at radius 1 is 1.42 bits per heavy atom. The number of fused-ring (bicyclic) bond motifs is 1. The molecule has 0 saturated heterocycles. The molecule has 1 aromatic carbocycles. The second-order valence-corrected chi connectivity index (χ2v) is 5.86. The van der Waals surface area contributed by atoms with E-state index in [1.807, 2.05) is 25.3 Å². The normalized spacial score (nSPS) is 13.7. The number of aryl methyl sites for hydroxylation is 2. The minimum absolute atomic E-state index is 0.0358. The highest BCUT2D eigenvalue weighted by atomic mass is 32.1. The third-order valence-electron chi connectivity index (χ3n) is 3.45. The van der Waals surface area contributed by atoms with E-state index >= 15 is 0 Å². The summed E-state index contributed by atoms with van der Waals surface area (Å²) in [7, 11) is 0. The van der Waals surface area contributed by atoms with E-state index in [2.05, 4.69) is 11.1 Å². The van der Waals surface area contributed by atoms with E-state index in [-0.39, 0.29) is 5.91 Å². The van der Waals surface area contributed by atoms with Crippen LogP contribution in [0.1, 0.15) is 26.6 Å². The van der Waals surface area contributed by atoms with Crippen molar-refractivity contribution in [3.63, 3.8) is 0 Å². The summed E-state index contributed by atoms with van der Waals surface area (Å²) in [4.78, 5) is 18.5. The largest absolute Gasteiger partial charge is 0.398 e. The molecule has 0 aliphatic carbocycles. The van der Waals surface area contributed by atoms with Gasteiger partial charge in [-0.25, -0.2) is 4.98 Å². The summed E-state index contributed by atoms with van der Waals surface area (Å²) in [5, 5.41) is 2.72. The molecule has 0 radical (unpaired) electrons. The molecule has 0 bridgehead atoms. The summed E-state index contributed by atoms with van der Waals surface area (Å²) >= 11 is 1.50. The summed E-state index contributed by atoms with van der Waals surface area (Å²) in [5.74, 6) is -0.0358. The van der Waals surface area contributed by atoms with E-state index in [1.165, 1.54) is 16.9 Å². The first-order valence-corrected chi connectivity index (χ1v) is 7.07. The Morgan fingerprint density at radius 3 is 2.89 bits per heavy atom. The van der Waals surface area contributed by atoms with Crippen LogP contribution >= 0.6 is 11.3 Å². The zero-order valence-corrected chi connectivity index (χ0v) is 11.8. The fraction of sp³-hybridized carbons (Fsp3) is 0.286. The fourth-order valence-electron chi connectivity index (χ4n) is 2.39. The van der Waals surface area contributed by atoms with Gasteiger partial charge in [0, 0.05) is 23.3 Å². The molecule has 0 saturated carbocycles.